The molecule has 0 aliphatic heterocycles. The van der Waals surface area contributed by atoms with Crippen LogP contribution in [0.2, 0.25) is 0 Å². The summed E-state index contributed by atoms with van der Waals surface area (Å²) < 4.78 is 0.613. The van der Waals surface area contributed by atoms with Crippen LogP contribution in [0.3, 0.4) is 0 Å². The van der Waals surface area contributed by atoms with Crippen molar-refractivity contribution in [3.05, 3.63) is 77.9 Å². The number of aromatic nitrogens is 2. The number of nitrogens with zero attached hydrogens (tertiary/aromatic N) is 2. The number of carbonyl (C=O) groups excluding carboxylic acids is 2. The molecule has 4 aromatic rings. The maximum Gasteiger partial charge on any atom is 0.257 e. The van der Waals surface area contributed by atoms with Crippen LogP contribution in [0.15, 0.2) is 71.1 Å². The van der Waals surface area contributed by atoms with Crippen molar-refractivity contribution in [1.29, 1.82) is 0 Å². The molecule has 0 atom stereocenters. The van der Waals surface area contributed by atoms with Gasteiger partial charge in [0.05, 0.1) is 5.75 Å². The quantitative estimate of drug-likeness (QED) is 0.330. The fourth-order valence-electron chi connectivity index (χ4n) is 2.84. The molecule has 150 valence electrons. The van der Waals surface area contributed by atoms with E-state index in [4.69, 9.17) is 0 Å². The summed E-state index contributed by atoms with van der Waals surface area (Å²) >= 11 is 2.52. The van der Waals surface area contributed by atoms with Crippen molar-refractivity contribution in [2.75, 3.05) is 16.4 Å². The molecule has 0 spiro atoms. The Kier molecular flexibility index (Phi) is 6.06. The lowest BCUT2D eigenvalue weighted by Crippen LogP contribution is -2.14. The molecule has 30 heavy (non-hydrogen) atoms. The molecule has 0 aliphatic rings. The molecule has 0 bridgehead atoms. The van der Waals surface area contributed by atoms with Crippen molar-refractivity contribution in [1.82, 2.24) is 10.2 Å². The van der Waals surface area contributed by atoms with Crippen LogP contribution in [-0.2, 0) is 4.79 Å². The second-order valence-corrected chi connectivity index (χ2v) is 8.76. The van der Waals surface area contributed by atoms with Gasteiger partial charge in [-0.05, 0) is 30.5 Å². The van der Waals surface area contributed by atoms with Gasteiger partial charge in [-0.15, -0.1) is 10.2 Å². The van der Waals surface area contributed by atoms with E-state index < -0.39 is 0 Å². The van der Waals surface area contributed by atoms with Crippen molar-refractivity contribution in [3.63, 3.8) is 0 Å². The van der Waals surface area contributed by atoms with Crippen molar-refractivity contribution in [2.45, 2.75) is 11.3 Å². The summed E-state index contributed by atoms with van der Waals surface area (Å²) in [6, 6.07) is 21.0. The van der Waals surface area contributed by atoms with Crippen LogP contribution < -0.4 is 10.6 Å². The lowest BCUT2D eigenvalue weighted by atomic mass is 10.1. The third-order valence-electron chi connectivity index (χ3n) is 4.33. The molecule has 8 heteroatoms. The smallest absolute Gasteiger partial charge is 0.257 e. The molecule has 0 unspecified atom stereocenters. The van der Waals surface area contributed by atoms with Gasteiger partial charge in [-0.2, -0.15) is 0 Å². The van der Waals surface area contributed by atoms with E-state index in [1.165, 1.54) is 23.1 Å². The first-order valence-corrected chi connectivity index (χ1v) is 11.0. The minimum absolute atomic E-state index is 0.128. The lowest BCUT2D eigenvalue weighted by Gasteiger charge is -2.08. The average molecular weight is 435 g/mol. The van der Waals surface area contributed by atoms with Crippen molar-refractivity contribution in [3.8, 4) is 0 Å². The summed E-state index contributed by atoms with van der Waals surface area (Å²) in [5, 5.41) is 16.2. The lowest BCUT2D eigenvalue weighted by molar-refractivity contribution is -0.113. The summed E-state index contributed by atoms with van der Waals surface area (Å²) in [7, 11) is 0. The van der Waals surface area contributed by atoms with Crippen molar-refractivity contribution in [2.24, 2.45) is 0 Å². The van der Waals surface area contributed by atoms with Crippen LogP contribution in [-0.4, -0.2) is 27.8 Å². The monoisotopic (exact) mass is 434 g/mol. The minimum atomic E-state index is -0.239. The van der Waals surface area contributed by atoms with Gasteiger partial charge in [0.2, 0.25) is 11.0 Å². The first kappa shape index (κ1) is 20.1. The molecule has 3 aromatic carbocycles. The predicted molar refractivity (Wildman–Crippen MR) is 122 cm³/mol. The molecular weight excluding hydrogens is 416 g/mol. The molecule has 1 aromatic heterocycles. The van der Waals surface area contributed by atoms with Gasteiger partial charge in [-0.25, -0.2) is 0 Å². The summed E-state index contributed by atoms with van der Waals surface area (Å²) in [6.07, 6.45) is 0. The molecule has 0 aliphatic carbocycles. The van der Waals surface area contributed by atoms with Crippen LogP contribution in [0.25, 0.3) is 10.8 Å². The Morgan fingerprint density at radius 3 is 2.53 bits per heavy atom. The molecule has 2 amide bonds. The number of benzene rings is 3. The highest BCUT2D eigenvalue weighted by molar-refractivity contribution is 8.01. The fraction of sp³-hybridized carbons (Fsp3) is 0.0909. The largest absolute Gasteiger partial charge is 0.325 e. The van der Waals surface area contributed by atoms with Gasteiger partial charge in [0.25, 0.3) is 5.91 Å². The van der Waals surface area contributed by atoms with Crippen LogP contribution in [0.5, 0.6) is 0 Å². The number of hydrogen-bond donors (Lipinski definition) is 2. The van der Waals surface area contributed by atoms with Crippen molar-refractivity contribution >= 4 is 56.5 Å². The van der Waals surface area contributed by atoms with E-state index in [1.807, 2.05) is 61.5 Å². The zero-order valence-corrected chi connectivity index (χ0v) is 17.7. The zero-order chi connectivity index (χ0) is 20.9. The third-order valence-corrected chi connectivity index (χ3v) is 6.30. The highest BCUT2D eigenvalue weighted by Gasteiger charge is 2.12. The Morgan fingerprint density at radius 2 is 1.70 bits per heavy atom. The number of fused-ring (bicyclic) bond motifs is 1. The molecule has 6 nitrogen and oxygen atoms in total. The predicted octanol–water partition coefficient (Wildman–Crippen LogP) is 4.98. The summed E-state index contributed by atoms with van der Waals surface area (Å²) in [5.74, 6) is -0.169. The van der Waals surface area contributed by atoms with Crippen LogP contribution in [0.1, 0.15) is 15.9 Å². The SMILES string of the molecule is Cc1ccc(C(=O)Nc2nnc(SCC(=O)Nc3cccc4ccccc34)s2)cc1. The summed E-state index contributed by atoms with van der Waals surface area (Å²) in [6.45, 7) is 1.96. The second-order valence-electron chi connectivity index (χ2n) is 6.56. The standard InChI is InChI=1S/C22H18N4O2S2/c1-14-9-11-16(12-10-14)20(28)24-21-25-26-22(30-21)29-13-19(27)23-18-8-4-6-15-5-2-3-7-17(15)18/h2-12H,13H2,1H3,(H,23,27)(H,24,25,28). The molecule has 0 saturated carbocycles. The van der Waals surface area contributed by atoms with E-state index in [0.29, 0.717) is 15.0 Å². The molecule has 1 heterocycles. The normalized spacial score (nSPS) is 10.7. The van der Waals surface area contributed by atoms with E-state index in [1.54, 1.807) is 12.1 Å². The Hall–Kier alpha value is -3.23. The van der Waals surface area contributed by atoms with E-state index in [2.05, 4.69) is 20.8 Å². The first-order chi connectivity index (χ1) is 14.6. The van der Waals surface area contributed by atoms with E-state index in [-0.39, 0.29) is 17.6 Å². The maximum absolute atomic E-state index is 12.4. The number of carbonyl (C=O) groups is 2. The number of aryl methyl sites for hydroxylation is 1. The Morgan fingerprint density at radius 1 is 0.933 bits per heavy atom. The molecule has 4 rings (SSSR count). The number of anilines is 2. The summed E-state index contributed by atoms with van der Waals surface area (Å²) in [4.78, 5) is 24.6. The number of rotatable bonds is 6. The molecule has 0 saturated heterocycles. The highest BCUT2D eigenvalue weighted by Crippen LogP contribution is 2.27. The Labute approximate surface area is 181 Å². The van der Waals surface area contributed by atoms with Gasteiger partial charge in [0, 0.05) is 16.6 Å². The van der Waals surface area contributed by atoms with Crippen LogP contribution >= 0.6 is 23.1 Å². The summed E-state index contributed by atoms with van der Waals surface area (Å²) in [5.41, 5.74) is 2.42. The van der Waals surface area contributed by atoms with Gasteiger partial charge in [-0.1, -0.05) is 77.2 Å². The molecular formula is C22H18N4O2S2. The Bertz CT molecular complexity index is 1200. The van der Waals surface area contributed by atoms with Gasteiger partial charge >= 0.3 is 0 Å². The number of nitrogens with one attached hydrogen (secondary N) is 2. The fourth-order valence-corrected chi connectivity index (χ4v) is 4.39. The average Bonchev–Trinajstić information content (AvgIpc) is 3.20. The number of hydrogen-bond acceptors (Lipinski definition) is 6. The Balaban J connectivity index is 1.33. The van der Waals surface area contributed by atoms with E-state index in [9.17, 15) is 9.59 Å². The zero-order valence-electron chi connectivity index (χ0n) is 16.1. The van der Waals surface area contributed by atoms with Gasteiger partial charge < -0.3 is 5.32 Å². The molecule has 0 fully saturated rings. The van der Waals surface area contributed by atoms with E-state index >= 15 is 0 Å². The van der Waals surface area contributed by atoms with Gasteiger partial charge in [-0.3, -0.25) is 14.9 Å². The van der Waals surface area contributed by atoms with Gasteiger partial charge in [0.1, 0.15) is 0 Å². The van der Waals surface area contributed by atoms with E-state index in [0.717, 1.165) is 22.0 Å². The molecule has 0 radical (unpaired) electrons. The second kappa shape index (κ2) is 9.06. The topological polar surface area (TPSA) is 84.0 Å². The van der Waals surface area contributed by atoms with Gasteiger partial charge in [0.15, 0.2) is 4.34 Å². The minimum Gasteiger partial charge on any atom is -0.325 e. The van der Waals surface area contributed by atoms with Crippen LogP contribution in [0, 0.1) is 6.92 Å². The highest BCUT2D eigenvalue weighted by atomic mass is 32.2. The van der Waals surface area contributed by atoms with Crippen molar-refractivity contribution < 1.29 is 9.59 Å². The third kappa shape index (κ3) is 4.84. The number of amides is 2. The number of thioether (sulfide) groups is 1. The van der Waals surface area contributed by atoms with Crippen LogP contribution in [0.4, 0.5) is 10.8 Å². The first-order valence-electron chi connectivity index (χ1n) is 9.20. The molecule has 2 N–H and O–H groups in total. The maximum atomic E-state index is 12.4.